The van der Waals surface area contributed by atoms with Crippen LogP contribution in [-0.2, 0) is 0 Å². The molecule has 0 aliphatic rings. The van der Waals surface area contributed by atoms with E-state index in [4.69, 9.17) is 22.1 Å². The maximum Gasteiger partial charge on any atom is 0.263 e. The minimum atomic E-state index is -0.388. The molecule has 3 rings (SSSR count). The molecule has 0 spiro atoms. The van der Waals surface area contributed by atoms with Crippen molar-refractivity contribution in [1.82, 2.24) is 10.2 Å². The van der Waals surface area contributed by atoms with Crippen LogP contribution in [0.1, 0.15) is 10.4 Å². The highest BCUT2D eigenvalue weighted by atomic mass is 35.5. The summed E-state index contributed by atoms with van der Waals surface area (Å²) in [4.78, 5) is 12.6. The second-order valence-corrected chi connectivity index (χ2v) is 5.62. The van der Waals surface area contributed by atoms with Crippen molar-refractivity contribution in [2.24, 2.45) is 0 Å². The number of anilines is 4. The molecule has 0 radical (unpaired) electrons. The zero-order valence-electron chi connectivity index (χ0n) is 13.3. The largest absolute Gasteiger partial charge is 0.497 e. The molecule has 128 valence electrons. The van der Waals surface area contributed by atoms with Gasteiger partial charge in [0.05, 0.1) is 7.11 Å². The van der Waals surface area contributed by atoms with E-state index in [0.29, 0.717) is 28.0 Å². The highest BCUT2D eigenvalue weighted by molar-refractivity contribution is 6.30. The third-order valence-corrected chi connectivity index (χ3v) is 3.69. The third-order valence-electron chi connectivity index (χ3n) is 3.46. The van der Waals surface area contributed by atoms with Crippen LogP contribution in [0, 0.1) is 0 Å². The first kappa shape index (κ1) is 16.7. The zero-order chi connectivity index (χ0) is 17.8. The quantitative estimate of drug-likeness (QED) is 0.558. The summed E-state index contributed by atoms with van der Waals surface area (Å²) in [5, 5.41) is 13.0. The number of aromatic amines is 1. The predicted molar refractivity (Wildman–Crippen MR) is 98.7 cm³/mol. The lowest BCUT2D eigenvalue weighted by molar-refractivity contribution is 0.102. The first-order valence-corrected chi connectivity index (χ1v) is 7.76. The van der Waals surface area contributed by atoms with E-state index in [1.165, 1.54) is 0 Å². The maximum atomic E-state index is 12.6. The molecule has 8 heteroatoms. The summed E-state index contributed by atoms with van der Waals surface area (Å²) < 4.78 is 5.09. The van der Waals surface area contributed by atoms with Crippen molar-refractivity contribution in [2.75, 3.05) is 23.5 Å². The molecule has 5 N–H and O–H groups in total. The number of benzene rings is 2. The van der Waals surface area contributed by atoms with Gasteiger partial charge in [0.1, 0.15) is 17.1 Å². The number of nitrogens with one attached hydrogen (secondary N) is 3. The summed E-state index contributed by atoms with van der Waals surface area (Å²) in [5.41, 5.74) is 7.38. The minimum Gasteiger partial charge on any atom is -0.497 e. The number of carbonyl (C=O) groups excluding carboxylic acids is 1. The number of hydrogen-bond acceptors (Lipinski definition) is 5. The van der Waals surface area contributed by atoms with Gasteiger partial charge in [-0.1, -0.05) is 17.7 Å². The number of aromatic nitrogens is 2. The van der Waals surface area contributed by atoms with Crippen molar-refractivity contribution in [2.45, 2.75) is 0 Å². The van der Waals surface area contributed by atoms with Crippen LogP contribution in [0.2, 0.25) is 5.02 Å². The van der Waals surface area contributed by atoms with Crippen LogP contribution in [-0.4, -0.2) is 23.2 Å². The normalized spacial score (nSPS) is 10.3. The summed E-state index contributed by atoms with van der Waals surface area (Å²) in [6.45, 7) is 0. The molecule has 0 aliphatic heterocycles. The highest BCUT2D eigenvalue weighted by Crippen LogP contribution is 2.25. The number of hydrogen-bond donors (Lipinski definition) is 4. The van der Waals surface area contributed by atoms with Gasteiger partial charge in [-0.15, -0.1) is 0 Å². The molecule has 3 aromatic rings. The molecular formula is C17H16ClN5O2. The molecule has 0 saturated heterocycles. The molecule has 0 unspecified atom stereocenters. The number of carbonyl (C=O) groups is 1. The second-order valence-electron chi connectivity index (χ2n) is 5.18. The lowest BCUT2D eigenvalue weighted by Crippen LogP contribution is -2.14. The Morgan fingerprint density at radius 2 is 1.96 bits per heavy atom. The van der Waals surface area contributed by atoms with E-state index in [1.807, 2.05) is 6.07 Å². The topological polar surface area (TPSA) is 105 Å². The van der Waals surface area contributed by atoms with Crippen LogP contribution in [0.25, 0.3) is 0 Å². The van der Waals surface area contributed by atoms with Gasteiger partial charge in [-0.3, -0.25) is 9.89 Å². The van der Waals surface area contributed by atoms with Crippen molar-refractivity contribution < 1.29 is 9.53 Å². The SMILES string of the molecule is COc1ccc(NC(=O)c2c(Nc3cccc(Cl)c3)n[nH]c2N)cc1. The molecule has 2 aromatic carbocycles. The van der Waals surface area contributed by atoms with Gasteiger partial charge in [0.15, 0.2) is 5.82 Å². The number of rotatable bonds is 5. The smallest absolute Gasteiger partial charge is 0.263 e. The third kappa shape index (κ3) is 3.84. The zero-order valence-corrected chi connectivity index (χ0v) is 14.1. The van der Waals surface area contributed by atoms with Gasteiger partial charge in [0.2, 0.25) is 0 Å². The Morgan fingerprint density at radius 3 is 2.64 bits per heavy atom. The van der Waals surface area contributed by atoms with Gasteiger partial charge in [-0.05, 0) is 42.5 Å². The van der Waals surface area contributed by atoms with Crippen molar-refractivity contribution in [3.05, 3.63) is 59.1 Å². The van der Waals surface area contributed by atoms with Gasteiger partial charge in [-0.2, -0.15) is 5.10 Å². The van der Waals surface area contributed by atoms with Gasteiger partial charge >= 0.3 is 0 Å². The molecule has 0 aliphatic carbocycles. The number of amides is 1. The molecular weight excluding hydrogens is 342 g/mol. The summed E-state index contributed by atoms with van der Waals surface area (Å²) in [5.74, 6) is 0.784. The second kappa shape index (κ2) is 7.14. The molecule has 0 atom stereocenters. The molecule has 1 heterocycles. The van der Waals surface area contributed by atoms with E-state index in [9.17, 15) is 4.79 Å². The standard InChI is InChI=1S/C17H16ClN5O2/c1-25-13-7-5-11(6-8-13)21-17(24)14-15(19)22-23-16(14)20-12-4-2-3-10(18)9-12/h2-9H,1H3,(H,21,24)(H4,19,20,22,23). The average molecular weight is 358 g/mol. The monoisotopic (exact) mass is 357 g/mol. The Balaban J connectivity index is 1.81. The summed E-state index contributed by atoms with van der Waals surface area (Å²) in [6.07, 6.45) is 0. The number of nitrogen functional groups attached to an aromatic ring is 1. The van der Waals surface area contributed by atoms with Gasteiger partial charge in [-0.25, -0.2) is 0 Å². The number of ether oxygens (including phenoxy) is 1. The molecule has 0 bridgehead atoms. The van der Waals surface area contributed by atoms with Gasteiger partial charge in [0.25, 0.3) is 5.91 Å². The van der Waals surface area contributed by atoms with Crippen LogP contribution >= 0.6 is 11.6 Å². The average Bonchev–Trinajstić information content (AvgIpc) is 2.96. The van der Waals surface area contributed by atoms with E-state index < -0.39 is 0 Å². The molecule has 1 amide bonds. The molecule has 7 nitrogen and oxygen atoms in total. The van der Waals surface area contributed by atoms with Crippen molar-refractivity contribution in [3.8, 4) is 5.75 Å². The Kier molecular flexibility index (Phi) is 4.76. The Hall–Kier alpha value is -3.19. The van der Waals surface area contributed by atoms with E-state index in [0.717, 1.165) is 0 Å². The summed E-state index contributed by atoms with van der Waals surface area (Å²) >= 11 is 5.97. The molecule has 1 aromatic heterocycles. The first-order chi connectivity index (χ1) is 12.1. The fourth-order valence-electron chi connectivity index (χ4n) is 2.25. The summed E-state index contributed by atoms with van der Waals surface area (Å²) in [7, 11) is 1.58. The highest BCUT2D eigenvalue weighted by Gasteiger charge is 2.19. The molecule has 25 heavy (non-hydrogen) atoms. The Labute approximate surface area is 149 Å². The number of nitrogens with two attached hydrogens (primary N) is 1. The number of H-pyrrole nitrogens is 1. The van der Waals surface area contributed by atoms with Crippen LogP contribution in [0.5, 0.6) is 5.75 Å². The maximum absolute atomic E-state index is 12.6. The number of halogens is 1. The van der Waals surface area contributed by atoms with Gasteiger partial charge < -0.3 is 21.1 Å². The minimum absolute atomic E-state index is 0.163. The first-order valence-electron chi connectivity index (χ1n) is 7.38. The van der Waals surface area contributed by atoms with Crippen LogP contribution in [0.15, 0.2) is 48.5 Å². The van der Waals surface area contributed by atoms with E-state index in [1.54, 1.807) is 49.6 Å². The fourth-order valence-corrected chi connectivity index (χ4v) is 2.44. The lowest BCUT2D eigenvalue weighted by atomic mass is 10.2. The molecule has 0 fully saturated rings. The van der Waals surface area contributed by atoms with Crippen molar-refractivity contribution in [3.63, 3.8) is 0 Å². The lowest BCUT2D eigenvalue weighted by Gasteiger charge is -2.09. The summed E-state index contributed by atoms with van der Waals surface area (Å²) in [6, 6.07) is 14.0. The van der Waals surface area contributed by atoms with E-state index in [2.05, 4.69) is 20.8 Å². The van der Waals surface area contributed by atoms with Crippen molar-refractivity contribution in [1.29, 1.82) is 0 Å². The van der Waals surface area contributed by atoms with Crippen LogP contribution < -0.4 is 21.1 Å². The number of nitrogens with zero attached hydrogens (tertiary/aromatic N) is 1. The van der Waals surface area contributed by atoms with Crippen LogP contribution in [0.4, 0.5) is 23.0 Å². The molecule has 0 saturated carbocycles. The number of methoxy groups -OCH3 is 1. The van der Waals surface area contributed by atoms with E-state index >= 15 is 0 Å². The van der Waals surface area contributed by atoms with E-state index in [-0.39, 0.29) is 17.3 Å². The van der Waals surface area contributed by atoms with Gasteiger partial charge in [0, 0.05) is 16.4 Å². The fraction of sp³-hybridized carbons (Fsp3) is 0.0588. The van der Waals surface area contributed by atoms with Crippen LogP contribution in [0.3, 0.4) is 0 Å². The Bertz CT molecular complexity index is 892. The van der Waals surface area contributed by atoms with Crippen molar-refractivity contribution >= 4 is 40.5 Å². The predicted octanol–water partition coefficient (Wildman–Crippen LogP) is 3.65. The Morgan fingerprint density at radius 1 is 1.20 bits per heavy atom.